The molecule has 2 unspecified atom stereocenters. The van der Waals surface area contributed by atoms with Crippen LogP contribution in [0.5, 0.6) is 0 Å². The summed E-state index contributed by atoms with van der Waals surface area (Å²) >= 11 is 3.95. The number of anilines is 1. The summed E-state index contributed by atoms with van der Waals surface area (Å²) in [5.41, 5.74) is 1.27. The van der Waals surface area contributed by atoms with Gasteiger partial charge in [-0.25, -0.2) is 0 Å². The fourth-order valence-corrected chi connectivity index (χ4v) is 6.92. The highest BCUT2D eigenvalue weighted by Gasteiger charge is 2.59. The second-order valence-electron chi connectivity index (χ2n) is 7.98. The normalized spacial score (nSPS) is 37.7. The van der Waals surface area contributed by atoms with Crippen LogP contribution in [-0.4, -0.2) is 16.0 Å². The van der Waals surface area contributed by atoms with E-state index in [1.807, 2.05) is 12.1 Å². The van der Waals surface area contributed by atoms with E-state index in [-0.39, 0.29) is 21.4 Å². The lowest BCUT2D eigenvalue weighted by molar-refractivity contribution is -0.138. The van der Waals surface area contributed by atoms with E-state index >= 15 is 0 Å². The number of halogens is 1. The van der Waals surface area contributed by atoms with Crippen LogP contribution in [0.4, 0.5) is 5.69 Å². The number of carbonyl (C=O) groups excluding carboxylic acids is 2. The van der Waals surface area contributed by atoms with Gasteiger partial charge in [-0.2, -0.15) is 0 Å². The van der Waals surface area contributed by atoms with Crippen LogP contribution in [0.2, 0.25) is 0 Å². The predicted molar refractivity (Wildman–Crippen MR) is 93.8 cm³/mol. The molecule has 0 aliphatic heterocycles. The van der Waals surface area contributed by atoms with Gasteiger partial charge in [0.25, 0.3) is 0 Å². The average Bonchev–Trinajstić information content (AvgIpc) is 2.45. The number of benzene rings is 1. The van der Waals surface area contributed by atoms with Crippen molar-refractivity contribution in [2.75, 3.05) is 5.32 Å². The Labute approximate surface area is 145 Å². The van der Waals surface area contributed by atoms with E-state index in [2.05, 4.69) is 21.2 Å². The summed E-state index contributed by atoms with van der Waals surface area (Å²) in [5, 5.41) is 3.11. The molecule has 23 heavy (non-hydrogen) atoms. The van der Waals surface area contributed by atoms with Crippen LogP contribution in [0, 0.1) is 17.3 Å². The van der Waals surface area contributed by atoms with E-state index in [9.17, 15) is 9.59 Å². The van der Waals surface area contributed by atoms with Crippen molar-refractivity contribution in [3.63, 3.8) is 0 Å². The number of ketones is 1. The van der Waals surface area contributed by atoms with Gasteiger partial charge in [0.05, 0.1) is 5.41 Å². The summed E-state index contributed by atoms with van der Waals surface area (Å²) in [6, 6.07) is 7.23. The molecular formula is C19H22BrNO2. The SMILES string of the molecule is CC(=O)c1ccc(NC(=O)C23C[C@@H]4C[C@@H](CC(Br)(C4)C2)C3)cc1. The van der Waals surface area contributed by atoms with E-state index in [1.54, 1.807) is 19.1 Å². The summed E-state index contributed by atoms with van der Waals surface area (Å²) in [4.78, 5) is 24.4. The van der Waals surface area contributed by atoms with Gasteiger partial charge < -0.3 is 5.32 Å². The van der Waals surface area contributed by atoms with Gasteiger partial charge in [0.15, 0.2) is 5.78 Å². The number of alkyl halides is 1. The minimum absolute atomic E-state index is 0.0465. The quantitative estimate of drug-likeness (QED) is 0.621. The monoisotopic (exact) mass is 375 g/mol. The lowest BCUT2D eigenvalue weighted by atomic mass is 9.49. The molecule has 4 aliphatic rings. The lowest BCUT2D eigenvalue weighted by Gasteiger charge is -2.59. The molecule has 0 saturated heterocycles. The molecular weight excluding hydrogens is 354 g/mol. The number of rotatable bonds is 3. The van der Waals surface area contributed by atoms with Crippen LogP contribution < -0.4 is 5.32 Å². The minimum atomic E-state index is -0.202. The first-order chi connectivity index (χ1) is 10.9. The summed E-state index contributed by atoms with van der Waals surface area (Å²) < 4.78 is 0.187. The van der Waals surface area contributed by atoms with Crippen LogP contribution >= 0.6 is 15.9 Å². The Bertz CT molecular complexity index is 652. The van der Waals surface area contributed by atoms with Crippen molar-refractivity contribution in [1.29, 1.82) is 0 Å². The maximum absolute atomic E-state index is 13.0. The van der Waals surface area contributed by atoms with Gasteiger partial charge in [0.2, 0.25) is 5.91 Å². The standard InChI is InChI=1S/C19H22BrNO2/c1-12(22)15-2-4-16(5-3-15)21-17(23)18-7-13-6-14(8-18)10-19(20,9-13)11-18/h2-5,13-14H,6-11H2,1H3,(H,21,23)/t13-,14+,18?,19?. The third-order valence-corrected chi connectivity index (χ3v) is 6.95. The third-order valence-electron chi connectivity index (χ3n) is 6.02. The molecule has 122 valence electrons. The van der Waals surface area contributed by atoms with Gasteiger partial charge in [-0.05, 0) is 81.5 Å². The van der Waals surface area contributed by atoms with Crippen LogP contribution in [-0.2, 0) is 4.79 Å². The third kappa shape index (κ3) is 2.65. The number of Topliss-reactive ketones (excluding diaryl/α,β-unsaturated/α-hetero) is 1. The molecule has 0 spiro atoms. The van der Waals surface area contributed by atoms with Gasteiger partial charge in [-0.1, -0.05) is 15.9 Å². The molecule has 4 fully saturated rings. The van der Waals surface area contributed by atoms with Crippen LogP contribution in [0.3, 0.4) is 0 Å². The van der Waals surface area contributed by atoms with Gasteiger partial charge in [0.1, 0.15) is 0 Å². The fourth-order valence-electron chi connectivity index (χ4n) is 5.47. The Morgan fingerprint density at radius 1 is 1.09 bits per heavy atom. The summed E-state index contributed by atoms with van der Waals surface area (Å²) in [5.74, 6) is 1.61. The molecule has 5 rings (SSSR count). The Morgan fingerprint density at radius 3 is 2.22 bits per heavy atom. The number of carbonyl (C=O) groups is 2. The number of nitrogens with one attached hydrogen (secondary N) is 1. The molecule has 0 aromatic heterocycles. The molecule has 0 heterocycles. The maximum Gasteiger partial charge on any atom is 0.230 e. The zero-order valence-corrected chi connectivity index (χ0v) is 15.0. The zero-order valence-electron chi connectivity index (χ0n) is 13.4. The summed E-state index contributed by atoms with van der Waals surface area (Å²) in [6.45, 7) is 1.55. The van der Waals surface area contributed by atoms with Crippen molar-refractivity contribution in [3.05, 3.63) is 29.8 Å². The highest BCUT2D eigenvalue weighted by Crippen LogP contribution is 2.64. The van der Waals surface area contributed by atoms with Crippen molar-refractivity contribution in [2.45, 2.75) is 49.8 Å². The smallest absolute Gasteiger partial charge is 0.230 e. The Balaban J connectivity index is 1.54. The summed E-state index contributed by atoms with van der Waals surface area (Å²) in [7, 11) is 0. The number of amides is 1. The predicted octanol–water partition coefficient (Wildman–Crippen LogP) is 4.56. The molecule has 1 aromatic carbocycles. The van der Waals surface area contributed by atoms with Crippen molar-refractivity contribution in [1.82, 2.24) is 0 Å². The molecule has 1 amide bonds. The molecule has 4 atom stereocenters. The highest BCUT2D eigenvalue weighted by molar-refractivity contribution is 9.10. The molecule has 4 aliphatic carbocycles. The molecule has 0 radical (unpaired) electrons. The van der Waals surface area contributed by atoms with Crippen molar-refractivity contribution in [3.8, 4) is 0 Å². The van der Waals surface area contributed by atoms with Crippen molar-refractivity contribution >= 4 is 33.3 Å². The number of hydrogen-bond acceptors (Lipinski definition) is 2. The average molecular weight is 376 g/mol. The van der Waals surface area contributed by atoms with E-state index in [0.717, 1.165) is 24.9 Å². The fraction of sp³-hybridized carbons (Fsp3) is 0.579. The molecule has 4 bridgehead atoms. The molecule has 1 N–H and O–H groups in total. The van der Waals surface area contributed by atoms with Gasteiger partial charge >= 0.3 is 0 Å². The largest absolute Gasteiger partial charge is 0.326 e. The molecule has 3 nitrogen and oxygen atoms in total. The highest BCUT2D eigenvalue weighted by atomic mass is 79.9. The molecule has 4 heteroatoms. The van der Waals surface area contributed by atoms with E-state index < -0.39 is 0 Å². The second kappa shape index (κ2) is 5.17. The Hall–Kier alpha value is -1.16. The molecule has 4 saturated carbocycles. The van der Waals surface area contributed by atoms with Gasteiger partial charge in [0, 0.05) is 15.6 Å². The van der Waals surface area contributed by atoms with Crippen molar-refractivity contribution in [2.24, 2.45) is 17.3 Å². The number of hydrogen-bond donors (Lipinski definition) is 1. The summed E-state index contributed by atoms with van der Waals surface area (Å²) in [6.07, 6.45) is 6.79. The Morgan fingerprint density at radius 2 is 1.70 bits per heavy atom. The van der Waals surface area contributed by atoms with E-state index in [0.29, 0.717) is 17.4 Å². The lowest BCUT2D eigenvalue weighted by Crippen LogP contribution is -2.57. The second-order valence-corrected chi connectivity index (χ2v) is 9.66. The van der Waals surface area contributed by atoms with Gasteiger partial charge in [-0.15, -0.1) is 0 Å². The van der Waals surface area contributed by atoms with E-state index in [4.69, 9.17) is 0 Å². The first-order valence-electron chi connectivity index (χ1n) is 8.49. The van der Waals surface area contributed by atoms with Crippen molar-refractivity contribution < 1.29 is 9.59 Å². The Kier molecular flexibility index (Phi) is 3.45. The van der Waals surface area contributed by atoms with Crippen LogP contribution in [0.15, 0.2) is 24.3 Å². The first kappa shape index (κ1) is 15.4. The minimum Gasteiger partial charge on any atom is -0.326 e. The molecule has 1 aromatic rings. The van der Waals surface area contributed by atoms with Gasteiger partial charge in [-0.3, -0.25) is 9.59 Å². The van der Waals surface area contributed by atoms with Crippen LogP contribution in [0.1, 0.15) is 55.8 Å². The maximum atomic E-state index is 13.0. The first-order valence-corrected chi connectivity index (χ1v) is 9.28. The van der Waals surface area contributed by atoms with E-state index in [1.165, 1.54) is 19.3 Å². The zero-order chi connectivity index (χ0) is 16.2. The van der Waals surface area contributed by atoms with Crippen LogP contribution in [0.25, 0.3) is 0 Å². The topological polar surface area (TPSA) is 46.2 Å².